The molecule has 5 nitrogen and oxygen atoms in total. The molecule has 0 saturated carbocycles. The molecule has 1 saturated heterocycles. The van der Waals surface area contributed by atoms with E-state index in [-0.39, 0.29) is 5.78 Å². The first-order valence-corrected chi connectivity index (χ1v) is 10.1. The quantitative estimate of drug-likeness (QED) is 0.603. The Morgan fingerprint density at radius 2 is 1.71 bits per heavy atom. The number of hydrogen-bond donors (Lipinski definition) is 0. The van der Waals surface area contributed by atoms with Crippen molar-refractivity contribution in [2.24, 2.45) is 5.41 Å². The Bertz CT molecular complexity index is 1240. The summed E-state index contributed by atoms with van der Waals surface area (Å²) >= 11 is 0. The summed E-state index contributed by atoms with van der Waals surface area (Å²) in [4.78, 5) is 19.9. The van der Waals surface area contributed by atoms with Crippen molar-refractivity contribution in [2.75, 3.05) is 0 Å². The predicted octanol–water partition coefficient (Wildman–Crippen LogP) is 4.49. The molecule has 0 bridgehead atoms. The average Bonchev–Trinajstić information content (AvgIpc) is 3.15. The highest BCUT2D eigenvalue weighted by Crippen LogP contribution is 2.59. The molecule has 2 aliphatic heterocycles. The Hall–Kier alpha value is -4.22. The molecule has 2 aliphatic rings. The van der Waals surface area contributed by atoms with Gasteiger partial charge in [0.25, 0.3) is 0 Å². The van der Waals surface area contributed by atoms with Gasteiger partial charge in [-0.25, -0.2) is 0 Å². The minimum absolute atomic E-state index is 0.115. The lowest BCUT2D eigenvalue weighted by molar-refractivity contribution is 0.0874. The summed E-state index contributed by atoms with van der Waals surface area (Å²) in [6.07, 6.45) is 7.11. The molecule has 0 aliphatic carbocycles. The molecule has 0 radical (unpaired) electrons. The second-order valence-electron chi connectivity index (χ2n) is 7.83. The molecule has 5 rings (SSSR count). The predicted molar refractivity (Wildman–Crippen MR) is 115 cm³/mol. The molecule has 0 N–H and O–H groups in total. The number of Topliss-reactive ketones (excluding diaryl/α,β-unsaturated/α-hetero) is 1. The van der Waals surface area contributed by atoms with E-state index in [2.05, 4.69) is 17.1 Å². The first kappa shape index (κ1) is 18.8. The smallest absolute Gasteiger partial charge is 0.185 e. The van der Waals surface area contributed by atoms with Gasteiger partial charge in [0.2, 0.25) is 0 Å². The molecule has 2 aromatic carbocycles. The van der Waals surface area contributed by atoms with Gasteiger partial charge in [0.05, 0.1) is 18.2 Å². The highest BCUT2D eigenvalue weighted by atomic mass is 16.1. The van der Waals surface area contributed by atoms with Crippen LogP contribution in [0.15, 0.2) is 85.3 Å². The van der Waals surface area contributed by atoms with E-state index >= 15 is 0 Å². The minimum atomic E-state index is -1.46. The molecule has 31 heavy (non-hydrogen) atoms. The van der Waals surface area contributed by atoms with Crippen LogP contribution in [0.25, 0.3) is 6.08 Å². The van der Waals surface area contributed by atoms with Crippen LogP contribution in [0, 0.1) is 28.1 Å². The normalized spacial score (nSPS) is 22.6. The Morgan fingerprint density at radius 3 is 2.42 bits per heavy atom. The number of nitriles is 2. The van der Waals surface area contributed by atoms with Crippen molar-refractivity contribution in [3.8, 4) is 12.1 Å². The Morgan fingerprint density at radius 1 is 0.968 bits per heavy atom. The van der Waals surface area contributed by atoms with Gasteiger partial charge in [0.1, 0.15) is 6.04 Å². The lowest BCUT2D eigenvalue weighted by atomic mass is 9.67. The third-order valence-corrected chi connectivity index (χ3v) is 6.31. The molecule has 0 unspecified atom stereocenters. The molecule has 5 heteroatoms. The highest BCUT2D eigenvalue weighted by molar-refractivity contribution is 6.01. The molecule has 3 atom stereocenters. The van der Waals surface area contributed by atoms with Crippen LogP contribution in [0.5, 0.6) is 0 Å². The van der Waals surface area contributed by atoms with E-state index in [0.717, 1.165) is 11.1 Å². The van der Waals surface area contributed by atoms with Gasteiger partial charge >= 0.3 is 0 Å². The zero-order valence-electron chi connectivity index (χ0n) is 16.6. The SMILES string of the molecule is N#CC1(C#N)[C@@H](c2cccnc2)[C@H](C(=O)c2ccccc2)N2C=Cc3ccccc3[C@@H]21. The van der Waals surface area contributed by atoms with Gasteiger partial charge in [-0.05, 0) is 28.8 Å². The van der Waals surface area contributed by atoms with E-state index in [4.69, 9.17) is 0 Å². The maximum Gasteiger partial charge on any atom is 0.185 e. The number of carbonyl (C=O) groups excluding carboxylic acids is 1. The number of hydrogen-bond acceptors (Lipinski definition) is 5. The molecule has 0 amide bonds. The number of aromatic nitrogens is 1. The Labute approximate surface area is 180 Å². The fourth-order valence-electron chi connectivity index (χ4n) is 5.00. The zero-order chi connectivity index (χ0) is 21.4. The summed E-state index contributed by atoms with van der Waals surface area (Å²) in [5, 5.41) is 20.9. The monoisotopic (exact) mass is 402 g/mol. The topological polar surface area (TPSA) is 80.8 Å². The number of fused-ring (bicyclic) bond motifs is 3. The molecular weight excluding hydrogens is 384 g/mol. The minimum Gasteiger partial charge on any atom is -0.357 e. The van der Waals surface area contributed by atoms with Crippen LogP contribution in [-0.4, -0.2) is 21.7 Å². The summed E-state index contributed by atoms with van der Waals surface area (Å²) in [6.45, 7) is 0. The van der Waals surface area contributed by atoms with Crippen LogP contribution in [0.1, 0.15) is 39.0 Å². The van der Waals surface area contributed by atoms with Crippen molar-refractivity contribution < 1.29 is 4.79 Å². The van der Waals surface area contributed by atoms with Gasteiger partial charge in [0, 0.05) is 30.1 Å². The second kappa shape index (κ2) is 7.23. The summed E-state index contributed by atoms with van der Waals surface area (Å²) in [5.74, 6) is -0.777. The second-order valence-corrected chi connectivity index (χ2v) is 7.83. The fourth-order valence-corrected chi connectivity index (χ4v) is 5.00. The Kier molecular flexibility index (Phi) is 4.38. The highest BCUT2D eigenvalue weighted by Gasteiger charge is 2.63. The molecule has 3 heterocycles. The lowest BCUT2D eigenvalue weighted by Crippen LogP contribution is -2.37. The number of pyridine rings is 1. The summed E-state index contributed by atoms with van der Waals surface area (Å²) in [6, 6.07) is 23.8. The van der Waals surface area contributed by atoms with Gasteiger partial charge in [-0.1, -0.05) is 60.7 Å². The maximum atomic E-state index is 13.8. The van der Waals surface area contributed by atoms with Crippen LogP contribution >= 0.6 is 0 Å². The van der Waals surface area contributed by atoms with Crippen LogP contribution < -0.4 is 0 Å². The third-order valence-electron chi connectivity index (χ3n) is 6.31. The van der Waals surface area contributed by atoms with Crippen molar-refractivity contribution in [1.29, 1.82) is 10.5 Å². The van der Waals surface area contributed by atoms with Gasteiger partial charge in [-0.3, -0.25) is 9.78 Å². The van der Waals surface area contributed by atoms with E-state index in [9.17, 15) is 15.3 Å². The standard InChI is InChI=1S/C26H18N4O/c27-16-26(17-28)22(20-10-6-13-29-15-20)23(24(31)19-8-2-1-3-9-19)30-14-12-18-7-4-5-11-21(18)25(26)30/h1-15,22-23,25H/t22-,23+,25+/m0/s1. The van der Waals surface area contributed by atoms with Crippen molar-refractivity contribution in [3.63, 3.8) is 0 Å². The molecule has 1 aromatic heterocycles. The summed E-state index contributed by atoms with van der Waals surface area (Å²) in [5.41, 5.74) is 1.64. The van der Waals surface area contributed by atoms with Crippen LogP contribution in [0.3, 0.4) is 0 Å². The maximum absolute atomic E-state index is 13.8. The lowest BCUT2D eigenvalue weighted by Gasteiger charge is -2.34. The van der Waals surface area contributed by atoms with E-state index in [1.54, 1.807) is 30.6 Å². The van der Waals surface area contributed by atoms with Gasteiger partial charge in [0.15, 0.2) is 11.2 Å². The number of nitrogens with zero attached hydrogens (tertiary/aromatic N) is 4. The van der Waals surface area contributed by atoms with Crippen molar-refractivity contribution in [2.45, 2.75) is 18.0 Å². The van der Waals surface area contributed by atoms with Crippen molar-refractivity contribution in [1.82, 2.24) is 9.88 Å². The molecule has 0 spiro atoms. The van der Waals surface area contributed by atoms with Gasteiger partial charge in [-0.2, -0.15) is 10.5 Å². The van der Waals surface area contributed by atoms with Crippen molar-refractivity contribution in [3.05, 3.63) is 108 Å². The molecular formula is C26H18N4O. The first-order valence-electron chi connectivity index (χ1n) is 10.1. The van der Waals surface area contributed by atoms with E-state index < -0.39 is 23.4 Å². The van der Waals surface area contributed by atoms with E-state index in [1.165, 1.54) is 0 Å². The van der Waals surface area contributed by atoms with Crippen LogP contribution in [-0.2, 0) is 0 Å². The third kappa shape index (κ3) is 2.68. The van der Waals surface area contributed by atoms with E-state index in [1.807, 2.05) is 65.7 Å². The first-order chi connectivity index (χ1) is 15.2. The number of ketones is 1. The number of benzene rings is 2. The number of carbonyl (C=O) groups is 1. The van der Waals surface area contributed by atoms with Crippen molar-refractivity contribution >= 4 is 11.9 Å². The van der Waals surface area contributed by atoms with Crippen LogP contribution in [0.4, 0.5) is 0 Å². The van der Waals surface area contributed by atoms with Crippen LogP contribution in [0.2, 0.25) is 0 Å². The van der Waals surface area contributed by atoms with Gasteiger partial charge in [-0.15, -0.1) is 0 Å². The average molecular weight is 402 g/mol. The molecule has 1 fully saturated rings. The Balaban J connectivity index is 1.78. The zero-order valence-corrected chi connectivity index (χ0v) is 16.6. The largest absolute Gasteiger partial charge is 0.357 e. The number of rotatable bonds is 3. The molecule has 3 aromatic rings. The fraction of sp³-hybridized carbons (Fsp3) is 0.154. The summed E-state index contributed by atoms with van der Waals surface area (Å²) < 4.78 is 0. The molecule has 148 valence electrons. The van der Waals surface area contributed by atoms with E-state index in [0.29, 0.717) is 11.1 Å². The summed E-state index contributed by atoms with van der Waals surface area (Å²) in [7, 11) is 0. The van der Waals surface area contributed by atoms with Gasteiger partial charge < -0.3 is 4.90 Å².